The van der Waals surface area contributed by atoms with E-state index in [9.17, 15) is 9.18 Å². The molecule has 0 bridgehead atoms. The molecule has 2 rings (SSSR count). The first-order valence-corrected chi connectivity index (χ1v) is 6.49. The van der Waals surface area contributed by atoms with Crippen LogP contribution in [0, 0.1) is 11.7 Å². The van der Waals surface area contributed by atoms with Gasteiger partial charge in [0.2, 0.25) is 0 Å². The first-order valence-electron chi connectivity index (χ1n) is 6.12. The Hall–Kier alpha value is -1.61. The molecule has 2 aromatic rings. The van der Waals surface area contributed by atoms with Crippen molar-refractivity contribution in [3.05, 3.63) is 58.6 Å². The van der Waals surface area contributed by atoms with Crippen molar-refractivity contribution < 1.29 is 9.18 Å². The predicted octanol–water partition coefficient (Wildman–Crippen LogP) is 4.17. The van der Waals surface area contributed by atoms with Crippen LogP contribution in [0.15, 0.2) is 36.7 Å². The highest BCUT2D eigenvalue weighted by Gasteiger charge is 2.12. The first kappa shape index (κ1) is 13.8. The molecular weight excluding hydrogens is 265 g/mol. The van der Waals surface area contributed by atoms with Crippen LogP contribution < -0.4 is 0 Å². The Kier molecular flexibility index (Phi) is 4.05. The summed E-state index contributed by atoms with van der Waals surface area (Å²) in [6.07, 6.45) is 3.51. The molecule has 0 aliphatic heterocycles. The number of halogens is 2. The Labute approximate surface area is 116 Å². The lowest BCUT2D eigenvalue weighted by Crippen LogP contribution is -2.06. The lowest BCUT2D eigenvalue weighted by Gasteiger charge is -2.06. The minimum Gasteiger partial charge on any atom is -0.349 e. The molecule has 2 nitrogen and oxygen atoms in total. The monoisotopic (exact) mass is 279 g/mol. The summed E-state index contributed by atoms with van der Waals surface area (Å²) in [6, 6.07) is 6.67. The van der Waals surface area contributed by atoms with E-state index in [1.807, 2.05) is 13.8 Å². The van der Waals surface area contributed by atoms with Gasteiger partial charge in [-0.3, -0.25) is 4.79 Å². The quantitative estimate of drug-likeness (QED) is 0.770. The van der Waals surface area contributed by atoms with Gasteiger partial charge in [-0.25, -0.2) is 4.39 Å². The largest absolute Gasteiger partial charge is 0.349 e. The van der Waals surface area contributed by atoms with Gasteiger partial charge in [-0.1, -0.05) is 37.6 Å². The van der Waals surface area contributed by atoms with Gasteiger partial charge in [-0.15, -0.1) is 0 Å². The smallest absolute Gasteiger partial charge is 0.166 e. The molecule has 4 heteroatoms. The molecule has 0 unspecified atom stereocenters. The Bertz CT molecular complexity index is 604. The van der Waals surface area contributed by atoms with Gasteiger partial charge in [0, 0.05) is 36.0 Å². The Balaban J connectivity index is 2.21. The zero-order chi connectivity index (χ0) is 14.0. The van der Waals surface area contributed by atoms with Gasteiger partial charge >= 0.3 is 0 Å². The van der Waals surface area contributed by atoms with E-state index in [-0.39, 0.29) is 16.7 Å². The Morgan fingerprint density at radius 1 is 1.37 bits per heavy atom. The number of rotatable bonds is 4. The Morgan fingerprint density at radius 3 is 2.79 bits per heavy atom. The van der Waals surface area contributed by atoms with Gasteiger partial charge < -0.3 is 4.57 Å². The average molecular weight is 280 g/mol. The summed E-state index contributed by atoms with van der Waals surface area (Å²) in [5.41, 5.74) is 1.16. The summed E-state index contributed by atoms with van der Waals surface area (Å²) in [4.78, 5) is 11.8. The van der Waals surface area contributed by atoms with Crippen LogP contribution in [-0.2, 0) is 6.54 Å². The normalized spacial score (nSPS) is 11.0. The summed E-state index contributed by atoms with van der Waals surface area (Å²) in [5, 5.41) is 0.114. The zero-order valence-corrected chi connectivity index (χ0v) is 11.6. The highest BCUT2D eigenvalue weighted by molar-refractivity contribution is 6.30. The molecule has 0 N–H and O–H groups in total. The summed E-state index contributed by atoms with van der Waals surface area (Å²) in [5.74, 6) is -0.362. The molecule has 100 valence electrons. The SMILES string of the molecule is CC(C)C(=O)c1ccn(Cc2cccc(Cl)c2F)c1. The van der Waals surface area contributed by atoms with Crippen LogP contribution in [0.4, 0.5) is 4.39 Å². The van der Waals surface area contributed by atoms with Crippen LogP contribution in [0.1, 0.15) is 29.8 Å². The molecule has 0 saturated carbocycles. The molecule has 0 spiro atoms. The van der Waals surface area contributed by atoms with Crippen molar-refractivity contribution >= 4 is 17.4 Å². The fourth-order valence-electron chi connectivity index (χ4n) is 1.89. The van der Waals surface area contributed by atoms with Gasteiger partial charge in [0.1, 0.15) is 5.82 Å². The van der Waals surface area contributed by atoms with E-state index in [1.165, 1.54) is 6.07 Å². The van der Waals surface area contributed by atoms with Crippen LogP contribution >= 0.6 is 11.6 Å². The molecule has 19 heavy (non-hydrogen) atoms. The van der Waals surface area contributed by atoms with Crippen molar-refractivity contribution in [2.75, 3.05) is 0 Å². The first-order chi connectivity index (χ1) is 8.99. The number of Topliss-reactive ketones (excluding diaryl/α,β-unsaturated/α-hetero) is 1. The van der Waals surface area contributed by atoms with Gasteiger partial charge in [0.05, 0.1) is 5.02 Å². The topological polar surface area (TPSA) is 22.0 Å². The molecule has 0 atom stereocenters. The molecule has 1 aromatic heterocycles. The van der Waals surface area contributed by atoms with Crippen LogP contribution in [0.5, 0.6) is 0 Å². The number of benzene rings is 1. The highest BCUT2D eigenvalue weighted by atomic mass is 35.5. The van der Waals surface area contributed by atoms with Crippen molar-refractivity contribution in [2.24, 2.45) is 5.92 Å². The van der Waals surface area contributed by atoms with E-state index in [1.54, 1.807) is 35.2 Å². The lowest BCUT2D eigenvalue weighted by molar-refractivity contribution is 0.0939. The minimum atomic E-state index is -0.408. The summed E-state index contributed by atoms with van der Waals surface area (Å²) in [7, 11) is 0. The molecule has 0 amide bonds. The standard InChI is InChI=1S/C15H15ClFNO/c1-10(2)15(19)12-6-7-18(9-12)8-11-4-3-5-13(16)14(11)17/h3-7,9-10H,8H2,1-2H3. The second-order valence-corrected chi connectivity index (χ2v) is 5.21. The molecule has 0 aliphatic carbocycles. The number of hydrogen-bond acceptors (Lipinski definition) is 1. The molecule has 0 fully saturated rings. The summed E-state index contributed by atoms with van der Waals surface area (Å²) < 4.78 is 15.6. The number of hydrogen-bond donors (Lipinski definition) is 0. The van der Waals surface area contributed by atoms with Crippen LogP contribution in [0.2, 0.25) is 5.02 Å². The van der Waals surface area contributed by atoms with Gasteiger partial charge in [0.15, 0.2) is 5.78 Å². The van der Waals surface area contributed by atoms with Gasteiger partial charge in [-0.05, 0) is 12.1 Å². The van der Waals surface area contributed by atoms with E-state index in [0.717, 1.165) is 0 Å². The van der Waals surface area contributed by atoms with E-state index < -0.39 is 5.82 Å². The second-order valence-electron chi connectivity index (χ2n) is 4.80. The molecule has 0 saturated heterocycles. The maximum atomic E-state index is 13.8. The molecule has 1 heterocycles. The van der Waals surface area contributed by atoms with Crippen LogP contribution in [0.25, 0.3) is 0 Å². The summed E-state index contributed by atoms with van der Waals surface area (Å²) in [6.45, 7) is 4.07. The number of carbonyl (C=O) groups excluding carboxylic acids is 1. The molecule has 0 aliphatic rings. The summed E-state index contributed by atoms with van der Waals surface area (Å²) >= 11 is 5.74. The third kappa shape index (κ3) is 3.04. The van der Waals surface area contributed by atoms with Gasteiger partial charge in [0.25, 0.3) is 0 Å². The van der Waals surface area contributed by atoms with Gasteiger partial charge in [-0.2, -0.15) is 0 Å². The lowest BCUT2D eigenvalue weighted by atomic mass is 10.0. The number of nitrogens with zero attached hydrogens (tertiary/aromatic N) is 1. The number of aromatic nitrogens is 1. The zero-order valence-electron chi connectivity index (χ0n) is 10.9. The van der Waals surface area contributed by atoms with Crippen molar-refractivity contribution in [3.8, 4) is 0 Å². The predicted molar refractivity (Wildman–Crippen MR) is 74.1 cm³/mol. The van der Waals surface area contributed by atoms with Crippen molar-refractivity contribution in [2.45, 2.75) is 20.4 Å². The average Bonchev–Trinajstić information content (AvgIpc) is 2.82. The van der Waals surface area contributed by atoms with E-state index in [2.05, 4.69) is 0 Å². The fourth-order valence-corrected chi connectivity index (χ4v) is 2.08. The molecular formula is C15H15ClFNO. The van der Waals surface area contributed by atoms with E-state index >= 15 is 0 Å². The second kappa shape index (κ2) is 5.57. The maximum Gasteiger partial charge on any atom is 0.166 e. The van der Waals surface area contributed by atoms with Crippen molar-refractivity contribution in [1.82, 2.24) is 4.57 Å². The van der Waals surface area contributed by atoms with E-state index in [0.29, 0.717) is 17.7 Å². The van der Waals surface area contributed by atoms with Crippen molar-refractivity contribution in [3.63, 3.8) is 0 Å². The van der Waals surface area contributed by atoms with Crippen LogP contribution in [0.3, 0.4) is 0 Å². The minimum absolute atomic E-state index is 0.0428. The highest BCUT2D eigenvalue weighted by Crippen LogP contribution is 2.19. The van der Waals surface area contributed by atoms with E-state index in [4.69, 9.17) is 11.6 Å². The Morgan fingerprint density at radius 2 is 2.11 bits per heavy atom. The number of carbonyl (C=O) groups is 1. The fraction of sp³-hybridized carbons (Fsp3) is 0.267. The third-order valence-electron chi connectivity index (χ3n) is 2.94. The van der Waals surface area contributed by atoms with Crippen LogP contribution in [-0.4, -0.2) is 10.4 Å². The number of ketones is 1. The maximum absolute atomic E-state index is 13.8. The third-order valence-corrected chi connectivity index (χ3v) is 3.24. The van der Waals surface area contributed by atoms with Crippen molar-refractivity contribution in [1.29, 1.82) is 0 Å². The molecule has 1 aromatic carbocycles. The molecule has 0 radical (unpaired) electrons.